The van der Waals surface area contributed by atoms with E-state index in [1.54, 1.807) is 25.3 Å². The van der Waals surface area contributed by atoms with Crippen LogP contribution in [0.2, 0.25) is 0 Å². The van der Waals surface area contributed by atoms with Crippen LogP contribution in [0.4, 0.5) is 0 Å². The molecule has 0 bridgehead atoms. The second-order valence-corrected chi connectivity index (χ2v) is 4.11. The molecule has 0 aromatic heterocycles. The van der Waals surface area contributed by atoms with E-state index < -0.39 is 0 Å². The van der Waals surface area contributed by atoms with E-state index >= 15 is 0 Å². The van der Waals surface area contributed by atoms with Crippen LogP contribution >= 0.6 is 15.9 Å². The standard InChI is InChI=1S/C12H15BrO4/c1-15-4-5-16-6-7-17-11-3-2-10(9-14)12(13)8-11/h2-3,8-9H,4-7H2,1H3. The minimum atomic E-state index is 0.469. The third-order valence-electron chi connectivity index (χ3n) is 2.03. The Bertz CT molecular complexity index is 354. The van der Waals surface area contributed by atoms with Crippen LogP contribution in [0.25, 0.3) is 0 Å². The molecule has 1 rings (SSSR count). The van der Waals surface area contributed by atoms with Gasteiger partial charge in [-0.3, -0.25) is 4.79 Å². The van der Waals surface area contributed by atoms with Gasteiger partial charge in [-0.25, -0.2) is 0 Å². The summed E-state index contributed by atoms with van der Waals surface area (Å²) >= 11 is 3.29. The van der Waals surface area contributed by atoms with E-state index in [2.05, 4.69) is 15.9 Å². The maximum atomic E-state index is 10.6. The molecule has 1 aromatic carbocycles. The molecule has 0 spiro atoms. The van der Waals surface area contributed by atoms with Crippen molar-refractivity contribution in [3.63, 3.8) is 0 Å². The van der Waals surface area contributed by atoms with Gasteiger partial charge in [0.05, 0.1) is 19.8 Å². The maximum Gasteiger partial charge on any atom is 0.151 e. The minimum Gasteiger partial charge on any atom is -0.491 e. The Labute approximate surface area is 109 Å². The highest BCUT2D eigenvalue weighted by molar-refractivity contribution is 9.10. The number of carbonyl (C=O) groups is 1. The molecule has 0 heterocycles. The Morgan fingerprint density at radius 3 is 2.65 bits per heavy atom. The number of hydrogen-bond donors (Lipinski definition) is 0. The molecule has 0 aliphatic rings. The number of ether oxygens (including phenoxy) is 3. The van der Waals surface area contributed by atoms with Crippen LogP contribution in [-0.4, -0.2) is 39.8 Å². The van der Waals surface area contributed by atoms with Crippen molar-refractivity contribution in [1.82, 2.24) is 0 Å². The summed E-state index contributed by atoms with van der Waals surface area (Å²) in [5.41, 5.74) is 0.605. The van der Waals surface area contributed by atoms with Crippen molar-refractivity contribution < 1.29 is 19.0 Å². The van der Waals surface area contributed by atoms with Crippen LogP contribution in [0.15, 0.2) is 22.7 Å². The lowest BCUT2D eigenvalue weighted by atomic mass is 10.2. The normalized spacial score (nSPS) is 10.2. The molecule has 0 unspecified atom stereocenters. The summed E-state index contributed by atoms with van der Waals surface area (Å²) in [5, 5.41) is 0. The predicted molar refractivity (Wildman–Crippen MR) is 67.7 cm³/mol. The zero-order chi connectivity index (χ0) is 12.5. The molecule has 0 aliphatic carbocycles. The predicted octanol–water partition coefficient (Wildman–Crippen LogP) is 2.30. The van der Waals surface area contributed by atoms with E-state index in [0.717, 1.165) is 10.8 Å². The van der Waals surface area contributed by atoms with Crippen LogP contribution in [0.5, 0.6) is 5.75 Å². The number of hydrogen-bond acceptors (Lipinski definition) is 4. The maximum absolute atomic E-state index is 10.6. The van der Waals surface area contributed by atoms with Crippen LogP contribution in [0.3, 0.4) is 0 Å². The van der Waals surface area contributed by atoms with Crippen molar-refractivity contribution >= 4 is 22.2 Å². The summed E-state index contributed by atoms with van der Waals surface area (Å²) in [4.78, 5) is 10.6. The lowest BCUT2D eigenvalue weighted by molar-refractivity contribution is 0.0544. The first kappa shape index (κ1) is 14.2. The van der Waals surface area contributed by atoms with E-state index in [9.17, 15) is 4.79 Å². The fraction of sp³-hybridized carbons (Fsp3) is 0.417. The smallest absolute Gasteiger partial charge is 0.151 e. The van der Waals surface area contributed by atoms with E-state index in [1.807, 2.05) is 0 Å². The molecule has 0 fully saturated rings. The van der Waals surface area contributed by atoms with Crippen LogP contribution < -0.4 is 4.74 Å². The Balaban J connectivity index is 2.27. The third kappa shape index (κ3) is 5.30. The van der Waals surface area contributed by atoms with Crippen LogP contribution in [0.1, 0.15) is 10.4 Å². The zero-order valence-electron chi connectivity index (χ0n) is 9.65. The Morgan fingerprint density at radius 1 is 1.24 bits per heavy atom. The fourth-order valence-corrected chi connectivity index (χ4v) is 1.61. The van der Waals surface area contributed by atoms with Crippen molar-refractivity contribution in [3.8, 4) is 5.75 Å². The number of rotatable bonds is 8. The molecule has 0 aliphatic heterocycles. The zero-order valence-corrected chi connectivity index (χ0v) is 11.2. The Hall–Kier alpha value is -0.910. The molecule has 5 heteroatoms. The highest BCUT2D eigenvalue weighted by Crippen LogP contribution is 2.21. The van der Waals surface area contributed by atoms with E-state index in [0.29, 0.717) is 37.7 Å². The third-order valence-corrected chi connectivity index (χ3v) is 2.71. The SMILES string of the molecule is COCCOCCOc1ccc(C=O)c(Br)c1. The van der Waals surface area contributed by atoms with Gasteiger partial charge >= 0.3 is 0 Å². The van der Waals surface area contributed by atoms with Crippen molar-refractivity contribution in [2.75, 3.05) is 33.5 Å². The summed E-state index contributed by atoms with van der Waals surface area (Å²) < 4.78 is 16.3. The first-order valence-corrected chi connectivity index (χ1v) is 6.01. The number of benzene rings is 1. The van der Waals surface area contributed by atoms with E-state index in [4.69, 9.17) is 14.2 Å². The first-order chi connectivity index (χ1) is 8.27. The van der Waals surface area contributed by atoms with E-state index in [-0.39, 0.29) is 0 Å². The molecule has 0 saturated heterocycles. The van der Waals surface area contributed by atoms with Gasteiger partial charge in [-0.1, -0.05) is 0 Å². The summed E-state index contributed by atoms with van der Waals surface area (Å²) in [5.74, 6) is 0.706. The molecular weight excluding hydrogens is 288 g/mol. The summed E-state index contributed by atoms with van der Waals surface area (Å²) in [6.07, 6.45) is 0.793. The van der Waals surface area contributed by atoms with Gasteiger partial charge in [0, 0.05) is 17.1 Å². The largest absolute Gasteiger partial charge is 0.491 e. The average molecular weight is 303 g/mol. The lowest BCUT2D eigenvalue weighted by Crippen LogP contribution is -2.10. The number of aldehydes is 1. The summed E-state index contributed by atoms with van der Waals surface area (Å²) in [7, 11) is 1.63. The number of methoxy groups -OCH3 is 1. The number of carbonyl (C=O) groups excluding carboxylic acids is 1. The minimum absolute atomic E-state index is 0.469. The van der Waals surface area contributed by atoms with Crippen LogP contribution in [0, 0.1) is 0 Å². The molecule has 0 saturated carbocycles. The molecular formula is C12H15BrO4. The van der Waals surface area contributed by atoms with Gasteiger partial charge in [-0.15, -0.1) is 0 Å². The van der Waals surface area contributed by atoms with Gasteiger partial charge in [-0.05, 0) is 34.1 Å². The fourth-order valence-electron chi connectivity index (χ4n) is 1.16. The first-order valence-electron chi connectivity index (χ1n) is 5.22. The Morgan fingerprint density at radius 2 is 2.00 bits per heavy atom. The summed E-state index contributed by atoms with van der Waals surface area (Å²) in [6.45, 7) is 2.13. The van der Waals surface area contributed by atoms with Crippen molar-refractivity contribution in [3.05, 3.63) is 28.2 Å². The molecule has 0 N–H and O–H groups in total. The average Bonchev–Trinajstić information content (AvgIpc) is 2.34. The van der Waals surface area contributed by atoms with Gasteiger partial charge in [-0.2, -0.15) is 0 Å². The van der Waals surface area contributed by atoms with Gasteiger partial charge in [0.25, 0.3) is 0 Å². The molecule has 0 atom stereocenters. The van der Waals surface area contributed by atoms with Gasteiger partial charge < -0.3 is 14.2 Å². The van der Waals surface area contributed by atoms with Crippen LogP contribution in [-0.2, 0) is 9.47 Å². The molecule has 0 radical (unpaired) electrons. The van der Waals surface area contributed by atoms with E-state index in [1.165, 1.54) is 0 Å². The highest BCUT2D eigenvalue weighted by Gasteiger charge is 2.01. The van der Waals surface area contributed by atoms with Crippen molar-refractivity contribution in [2.45, 2.75) is 0 Å². The molecule has 4 nitrogen and oxygen atoms in total. The highest BCUT2D eigenvalue weighted by atomic mass is 79.9. The monoisotopic (exact) mass is 302 g/mol. The Kier molecular flexibility index (Phi) is 6.84. The lowest BCUT2D eigenvalue weighted by Gasteiger charge is -2.07. The summed E-state index contributed by atoms with van der Waals surface area (Å²) in [6, 6.07) is 5.22. The molecule has 94 valence electrons. The van der Waals surface area contributed by atoms with Crippen molar-refractivity contribution in [2.24, 2.45) is 0 Å². The quantitative estimate of drug-likeness (QED) is 0.546. The second-order valence-electron chi connectivity index (χ2n) is 3.25. The van der Waals surface area contributed by atoms with Gasteiger partial charge in [0.2, 0.25) is 0 Å². The topological polar surface area (TPSA) is 44.8 Å². The second kappa shape index (κ2) is 8.22. The molecule has 17 heavy (non-hydrogen) atoms. The number of halogens is 1. The van der Waals surface area contributed by atoms with Crippen molar-refractivity contribution in [1.29, 1.82) is 0 Å². The van der Waals surface area contributed by atoms with Gasteiger partial charge in [0.15, 0.2) is 6.29 Å². The molecule has 0 amide bonds. The molecule has 1 aromatic rings. The van der Waals surface area contributed by atoms with Gasteiger partial charge in [0.1, 0.15) is 12.4 Å².